The summed E-state index contributed by atoms with van der Waals surface area (Å²) >= 11 is 0. The van der Waals surface area contributed by atoms with Gasteiger partial charge in [-0.2, -0.15) is 0 Å². The van der Waals surface area contributed by atoms with Gasteiger partial charge in [0.25, 0.3) is 5.91 Å². The Balaban J connectivity index is 1.56. The first-order valence-electron chi connectivity index (χ1n) is 9.27. The van der Waals surface area contributed by atoms with Crippen LogP contribution in [0.1, 0.15) is 38.9 Å². The normalized spacial score (nSPS) is 10.3. The van der Waals surface area contributed by atoms with Crippen LogP contribution >= 0.6 is 0 Å². The Labute approximate surface area is 169 Å². The van der Waals surface area contributed by atoms with E-state index in [1.54, 1.807) is 43.3 Å². The van der Waals surface area contributed by atoms with Crippen LogP contribution in [0.4, 0.5) is 11.5 Å². The Kier molecular flexibility index (Phi) is 6.52. The molecule has 0 aliphatic carbocycles. The summed E-state index contributed by atoms with van der Waals surface area (Å²) in [5, 5.41) is 13.9. The van der Waals surface area contributed by atoms with Crippen LogP contribution in [0.15, 0.2) is 60.7 Å². The zero-order chi connectivity index (χ0) is 20.6. The van der Waals surface area contributed by atoms with Crippen molar-refractivity contribution in [1.29, 1.82) is 0 Å². The van der Waals surface area contributed by atoms with E-state index >= 15 is 0 Å². The van der Waals surface area contributed by atoms with Gasteiger partial charge in [0.1, 0.15) is 5.82 Å². The van der Waals surface area contributed by atoms with Gasteiger partial charge in [-0.1, -0.05) is 29.8 Å². The summed E-state index contributed by atoms with van der Waals surface area (Å²) in [4.78, 5) is 24.0. The summed E-state index contributed by atoms with van der Waals surface area (Å²) in [6.07, 6.45) is 0. The lowest BCUT2D eigenvalue weighted by atomic mass is 10.1. The maximum Gasteiger partial charge on any atom is 0.338 e. The molecule has 2 N–H and O–H groups in total. The Morgan fingerprint density at radius 3 is 2.45 bits per heavy atom. The zero-order valence-corrected chi connectivity index (χ0v) is 16.3. The molecule has 0 fully saturated rings. The fourth-order valence-corrected chi connectivity index (χ4v) is 2.66. The van der Waals surface area contributed by atoms with Gasteiger partial charge in [-0.25, -0.2) is 4.79 Å². The van der Waals surface area contributed by atoms with Crippen LogP contribution in [-0.4, -0.2) is 28.7 Å². The van der Waals surface area contributed by atoms with Gasteiger partial charge >= 0.3 is 5.97 Å². The number of anilines is 2. The molecule has 1 heterocycles. The number of benzene rings is 2. The average molecular weight is 390 g/mol. The van der Waals surface area contributed by atoms with Crippen LogP contribution < -0.4 is 10.6 Å². The number of carbonyl (C=O) groups is 2. The van der Waals surface area contributed by atoms with Crippen molar-refractivity contribution in [2.24, 2.45) is 0 Å². The van der Waals surface area contributed by atoms with E-state index in [-0.39, 0.29) is 11.6 Å². The lowest BCUT2D eigenvalue weighted by Crippen LogP contribution is -2.15. The van der Waals surface area contributed by atoms with Crippen molar-refractivity contribution in [3.05, 3.63) is 83.0 Å². The molecule has 0 saturated heterocycles. The standard InChI is InChI=1S/C22H22N4O3/c1-3-29-22(28)17-7-9-18(10-8-17)24-21(27)19-11-12-20(26-25-19)23-14-16-6-4-5-15(2)13-16/h4-13H,3,14H2,1-2H3,(H,23,26)(H,24,27). The molecule has 2 aromatic carbocycles. The van der Waals surface area contributed by atoms with Gasteiger partial charge in [-0.15, -0.1) is 10.2 Å². The van der Waals surface area contributed by atoms with E-state index in [1.165, 1.54) is 5.56 Å². The molecule has 0 aliphatic heterocycles. The zero-order valence-electron chi connectivity index (χ0n) is 16.3. The Bertz CT molecular complexity index is 986. The van der Waals surface area contributed by atoms with Crippen LogP contribution in [0.2, 0.25) is 0 Å². The number of ether oxygens (including phenoxy) is 1. The first kappa shape index (κ1) is 20.0. The minimum atomic E-state index is -0.398. The highest BCUT2D eigenvalue weighted by Gasteiger charge is 2.10. The van der Waals surface area contributed by atoms with E-state index in [0.717, 1.165) is 5.56 Å². The first-order valence-corrected chi connectivity index (χ1v) is 9.27. The fourth-order valence-electron chi connectivity index (χ4n) is 2.66. The maximum absolute atomic E-state index is 12.3. The number of esters is 1. The molecule has 0 spiro atoms. The van der Waals surface area contributed by atoms with Gasteiger partial charge in [0, 0.05) is 12.2 Å². The number of carbonyl (C=O) groups excluding carboxylic acids is 2. The molecule has 1 amide bonds. The summed E-state index contributed by atoms with van der Waals surface area (Å²) in [6, 6.07) is 17.9. The van der Waals surface area contributed by atoms with E-state index in [2.05, 4.69) is 26.9 Å². The molecular formula is C22H22N4O3. The van der Waals surface area contributed by atoms with Crippen molar-refractivity contribution in [2.45, 2.75) is 20.4 Å². The predicted molar refractivity (Wildman–Crippen MR) is 111 cm³/mol. The first-order chi connectivity index (χ1) is 14.0. The summed E-state index contributed by atoms with van der Waals surface area (Å²) in [5.74, 6) is -0.196. The number of hydrogen-bond acceptors (Lipinski definition) is 6. The number of amides is 1. The van der Waals surface area contributed by atoms with E-state index in [1.807, 2.05) is 25.1 Å². The highest BCUT2D eigenvalue weighted by atomic mass is 16.5. The second-order valence-corrected chi connectivity index (χ2v) is 6.40. The number of hydrogen-bond donors (Lipinski definition) is 2. The maximum atomic E-state index is 12.3. The number of aryl methyl sites for hydroxylation is 1. The highest BCUT2D eigenvalue weighted by Crippen LogP contribution is 2.13. The van der Waals surface area contributed by atoms with E-state index < -0.39 is 5.97 Å². The molecule has 0 aliphatic rings. The van der Waals surface area contributed by atoms with Gasteiger partial charge in [0.05, 0.1) is 12.2 Å². The molecule has 0 radical (unpaired) electrons. The van der Waals surface area contributed by atoms with Crippen molar-refractivity contribution in [1.82, 2.24) is 10.2 Å². The summed E-state index contributed by atoms with van der Waals surface area (Å²) < 4.78 is 4.93. The van der Waals surface area contributed by atoms with Gasteiger partial charge in [-0.3, -0.25) is 4.79 Å². The highest BCUT2D eigenvalue weighted by molar-refractivity contribution is 6.03. The fraction of sp³-hybridized carbons (Fsp3) is 0.182. The molecule has 148 valence electrons. The third kappa shape index (κ3) is 5.62. The molecule has 7 heteroatoms. The van der Waals surface area contributed by atoms with Crippen LogP contribution in [0.25, 0.3) is 0 Å². The van der Waals surface area contributed by atoms with E-state index in [0.29, 0.717) is 30.2 Å². The summed E-state index contributed by atoms with van der Waals surface area (Å²) in [6.45, 7) is 4.72. The number of rotatable bonds is 7. The van der Waals surface area contributed by atoms with E-state index in [4.69, 9.17) is 4.74 Å². The number of aromatic nitrogens is 2. The van der Waals surface area contributed by atoms with E-state index in [9.17, 15) is 9.59 Å². The predicted octanol–water partition coefficient (Wildman–Crippen LogP) is 3.83. The molecule has 0 saturated carbocycles. The van der Waals surface area contributed by atoms with Crippen LogP contribution in [0.5, 0.6) is 0 Å². The average Bonchev–Trinajstić information content (AvgIpc) is 2.73. The van der Waals surface area contributed by atoms with Gasteiger partial charge in [0.15, 0.2) is 5.69 Å². The molecular weight excluding hydrogens is 368 g/mol. The largest absolute Gasteiger partial charge is 0.462 e. The Hall–Kier alpha value is -3.74. The van der Waals surface area contributed by atoms with Crippen molar-refractivity contribution >= 4 is 23.4 Å². The second kappa shape index (κ2) is 9.45. The molecule has 29 heavy (non-hydrogen) atoms. The lowest BCUT2D eigenvalue weighted by Gasteiger charge is -2.08. The molecule has 0 atom stereocenters. The molecule has 0 bridgehead atoms. The molecule has 3 rings (SSSR count). The van der Waals surface area contributed by atoms with Gasteiger partial charge in [0.2, 0.25) is 0 Å². The monoisotopic (exact) mass is 390 g/mol. The molecule has 3 aromatic rings. The van der Waals surface area contributed by atoms with Gasteiger partial charge in [-0.05, 0) is 55.8 Å². The second-order valence-electron chi connectivity index (χ2n) is 6.40. The Morgan fingerprint density at radius 1 is 1.00 bits per heavy atom. The number of nitrogens with zero attached hydrogens (tertiary/aromatic N) is 2. The smallest absolute Gasteiger partial charge is 0.338 e. The lowest BCUT2D eigenvalue weighted by molar-refractivity contribution is 0.0526. The number of nitrogens with one attached hydrogen (secondary N) is 2. The molecule has 0 unspecified atom stereocenters. The summed E-state index contributed by atoms with van der Waals surface area (Å²) in [7, 11) is 0. The van der Waals surface area contributed by atoms with Crippen molar-refractivity contribution in [2.75, 3.05) is 17.2 Å². The molecule has 1 aromatic heterocycles. The van der Waals surface area contributed by atoms with Crippen LogP contribution in [0, 0.1) is 6.92 Å². The quantitative estimate of drug-likeness (QED) is 0.596. The van der Waals surface area contributed by atoms with Crippen molar-refractivity contribution in [3.63, 3.8) is 0 Å². The third-order valence-electron chi connectivity index (χ3n) is 4.11. The molecule has 7 nitrogen and oxygen atoms in total. The van der Waals surface area contributed by atoms with Crippen molar-refractivity contribution in [3.8, 4) is 0 Å². The van der Waals surface area contributed by atoms with Gasteiger partial charge < -0.3 is 15.4 Å². The Morgan fingerprint density at radius 2 is 1.79 bits per heavy atom. The van der Waals surface area contributed by atoms with Crippen LogP contribution in [0.3, 0.4) is 0 Å². The van der Waals surface area contributed by atoms with Crippen molar-refractivity contribution < 1.29 is 14.3 Å². The topological polar surface area (TPSA) is 93.2 Å². The summed E-state index contributed by atoms with van der Waals surface area (Å²) in [5.41, 5.74) is 3.50. The SMILES string of the molecule is CCOC(=O)c1ccc(NC(=O)c2ccc(NCc3cccc(C)c3)nn2)cc1. The van der Waals surface area contributed by atoms with Crippen LogP contribution in [-0.2, 0) is 11.3 Å². The third-order valence-corrected chi connectivity index (χ3v) is 4.11. The minimum absolute atomic E-state index is 0.195. The minimum Gasteiger partial charge on any atom is -0.462 e.